The Morgan fingerprint density at radius 2 is 1.76 bits per heavy atom. The molecule has 126 valence electrons. The molecule has 2 unspecified atom stereocenters. The van der Waals surface area contributed by atoms with Crippen LogP contribution in [0.2, 0.25) is 0 Å². The Hall–Kier alpha value is -0.130. The van der Waals surface area contributed by atoms with E-state index in [4.69, 9.17) is 5.73 Å². The molecule has 1 aliphatic rings. The van der Waals surface area contributed by atoms with Crippen molar-refractivity contribution >= 4 is 9.84 Å². The number of rotatable bonds is 11. The largest absolute Gasteiger partial charge is 0.329 e. The summed E-state index contributed by atoms with van der Waals surface area (Å²) in [6, 6.07) is 0.507. The first-order chi connectivity index (χ1) is 10.00. The van der Waals surface area contributed by atoms with E-state index in [1.54, 1.807) is 0 Å². The first kappa shape index (κ1) is 18.9. The number of hydrogen-bond acceptors (Lipinski definition) is 4. The number of sulfone groups is 1. The summed E-state index contributed by atoms with van der Waals surface area (Å²) in [7, 11) is -0.757. The summed E-state index contributed by atoms with van der Waals surface area (Å²) >= 11 is 0. The van der Waals surface area contributed by atoms with Crippen LogP contribution in [0.25, 0.3) is 0 Å². The highest BCUT2D eigenvalue weighted by Crippen LogP contribution is 2.20. The molecule has 0 aromatic carbocycles. The van der Waals surface area contributed by atoms with Gasteiger partial charge in [-0.1, -0.05) is 51.9 Å². The van der Waals surface area contributed by atoms with Crippen molar-refractivity contribution in [1.29, 1.82) is 0 Å². The molecule has 1 rings (SSSR count). The van der Waals surface area contributed by atoms with Gasteiger partial charge in [0.25, 0.3) is 0 Å². The third-order valence-corrected chi connectivity index (χ3v) is 6.52. The van der Waals surface area contributed by atoms with Crippen molar-refractivity contribution in [2.24, 2.45) is 5.73 Å². The number of likely N-dealkylation sites (N-methyl/N-ethyl adjacent to an activating group) is 1. The molecule has 0 spiro atoms. The van der Waals surface area contributed by atoms with Crippen molar-refractivity contribution in [3.8, 4) is 0 Å². The van der Waals surface area contributed by atoms with Gasteiger partial charge in [0.05, 0.1) is 11.5 Å². The minimum absolute atomic E-state index is 0.174. The topological polar surface area (TPSA) is 63.4 Å². The van der Waals surface area contributed by atoms with Crippen molar-refractivity contribution in [3.63, 3.8) is 0 Å². The van der Waals surface area contributed by atoms with E-state index >= 15 is 0 Å². The maximum atomic E-state index is 11.6. The molecule has 1 fully saturated rings. The van der Waals surface area contributed by atoms with Gasteiger partial charge in [0.1, 0.15) is 0 Å². The van der Waals surface area contributed by atoms with Gasteiger partial charge in [0.2, 0.25) is 0 Å². The van der Waals surface area contributed by atoms with Crippen LogP contribution < -0.4 is 5.73 Å². The molecule has 0 aliphatic carbocycles. The highest BCUT2D eigenvalue weighted by molar-refractivity contribution is 7.91. The zero-order valence-corrected chi connectivity index (χ0v) is 14.7. The van der Waals surface area contributed by atoms with Gasteiger partial charge in [0.15, 0.2) is 9.84 Å². The maximum Gasteiger partial charge on any atom is 0.151 e. The summed E-state index contributed by atoms with van der Waals surface area (Å²) < 4.78 is 23.2. The van der Waals surface area contributed by atoms with Crippen LogP contribution >= 0.6 is 0 Å². The van der Waals surface area contributed by atoms with Gasteiger partial charge >= 0.3 is 0 Å². The standard InChI is InChI=1S/C16H34N2O2S/c1-3-4-5-6-7-8-9-10-15(13-17)18(2)16-11-12-21(19,20)14-16/h15-16H,3-14,17H2,1-2H3. The van der Waals surface area contributed by atoms with Crippen LogP contribution in [-0.4, -0.2) is 50.5 Å². The van der Waals surface area contributed by atoms with E-state index < -0.39 is 9.84 Å². The van der Waals surface area contributed by atoms with Crippen LogP contribution in [0.4, 0.5) is 0 Å². The summed E-state index contributed by atoms with van der Waals surface area (Å²) in [6.07, 6.45) is 11.0. The van der Waals surface area contributed by atoms with Crippen LogP contribution in [0.15, 0.2) is 0 Å². The van der Waals surface area contributed by atoms with Crippen LogP contribution in [0.5, 0.6) is 0 Å². The highest BCUT2D eigenvalue weighted by atomic mass is 32.2. The van der Waals surface area contributed by atoms with Gasteiger partial charge in [0, 0.05) is 18.6 Å². The first-order valence-electron chi connectivity index (χ1n) is 8.62. The second kappa shape index (κ2) is 9.80. The zero-order chi connectivity index (χ0) is 15.7. The van der Waals surface area contributed by atoms with Crippen LogP contribution in [0.3, 0.4) is 0 Å². The van der Waals surface area contributed by atoms with Crippen LogP contribution in [-0.2, 0) is 9.84 Å². The molecule has 1 heterocycles. The molecule has 1 saturated heterocycles. The lowest BCUT2D eigenvalue weighted by Crippen LogP contribution is -2.44. The lowest BCUT2D eigenvalue weighted by Gasteiger charge is -2.31. The minimum atomic E-state index is -2.80. The zero-order valence-electron chi connectivity index (χ0n) is 13.9. The van der Waals surface area contributed by atoms with Gasteiger partial charge in [-0.15, -0.1) is 0 Å². The molecule has 0 aromatic heterocycles. The quantitative estimate of drug-likeness (QED) is 0.595. The third-order valence-electron chi connectivity index (χ3n) is 4.77. The van der Waals surface area contributed by atoms with E-state index in [2.05, 4.69) is 11.8 Å². The summed E-state index contributed by atoms with van der Waals surface area (Å²) in [4.78, 5) is 2.22. The van der Waals surface area contributed by atoms with Crippen molar-refractivity contribution in [3.05, 3.63) is 0 Å². The smallest absolute Gasteiger partial charge is 0.151 e. The van der Waals surface area contributed by atoms with Gasteiger partial charge in [-0.05, 0) is 19.9 Å². The molecule has 0 radical (unpaired) electrons. The van der Waals surface area contributed by atoms with Gasteiger partial charge in [-0.2, -0.15) is 0 Å². The molecule has 0 saturated carbocycles. The molecule has 1 aliphatic heterocycles. The Morgan fingerprint density at radius 3 is 2.29 bits per heavy atom. The summed E-state index contributed by atoms with van der Waals surface area (Å²) in [5.41, 5.74) is 5.90. The Morgan fingerprint density at radius 1 is 1.14 bits per heavy atom. The molecular formula is C16H34N2O2S. The average Bonchev–Trinajstić information content (AvgIpc) is 2.82. The number of nitrogens with zero attached hydrogens (tertiary/aromatic N) is 1. The molecular weight excluding hydrogens is 284 g/mol. The molecule has 2 N–H and O–H groups in total. The van der Waals surface area contributed by atoms with Gasteiger partial charge in [-0.25, -0.2) is 8.42 Å². The fraction of sp³-hybridized carbons (Fsp3) is 1.00. The van der Waals surface area contributed by atoms with Crippen LogP contribution in [0, 0.1) is 0 Å². The molecule has 21 heavy (non-hydrogen) atoms. The van der Waals surface area contributed by atoms with Gasteiger partial charge < -0.3 is 5.73 Å². The lowest BCUT2D eigenvalue weighted by atomic mass is 10.0. The summed E-state index contributed by atoms with van der Waals surface area (Å²) in [5, 5.41) is 0. The highest BCUT2D eigenvalue weighted by Gasteiger charge is 2.32. The fourth-order valence-electron chi connectivity index (χ4n) is 3.22. The van der Waals surface area contributed by atoms with Gasteiger partial charge in [-0.3, -0.25) is 4.90 Å². The monoisotopic (exact) mass is 318 g/mol. The van der Waals surface area contributed by atoms with Crippen molar-refractivity contribution in [2.45, 2.75) is 76.8 Å². The molecule has 0 amide bonds. The van der Waals surface area contributed by atoms with Crippen molar-refractivity contribution in [2.75, 3.05) is 25.1 Å². The Bertz CT molecular complexity index is 370. The number of hydrogen-bond donors (Lipinski definition) is 1. The lowest BCUT2D eigenvalue weighted by molar-refractivity contribution is 0.179. The minimum Gasteiger partial charge on any atom is -0.329 e. The number of unbranched alkanes of at least 4 members (excludes halogenated alkanes) is 6. The van der Waals surface area contributed by atoms with Crippen molar-refractivity contribution in [1.82, 2.24) is 4.90 Å². The predicted molar refractivity (Wildman–Crippen MR) is 90.3 cm³/mol. The predicted octanol–water partition coefficient (Wildman–Crippen LogP) is 2.57. The molecule has 4 nitrogen and oxygen atoms in total. The summed E-state index contributed by atoms with van der Waals surface area (Å²) in [6.45, 7) is 2.87. The number of nitrogens with two attached hydrogens (primary N) is 1. The first-order valence-corrected chi connectivity index (χ1v) is 10.4. The fourth-order valence-corrected chi connectivity index (χ4v) is 5.01. The molecule has 0 bridgehead atoms. The average molecular weight is 319 g/mol. The third kappa shape index (κ3) is 7.11. The summed E-state index contributed by atoms with van der Waals surface area (Å²) in [5.74, 6) is 0.660. The second-order valence-corrected chi connectivity index (χ2v) is 8.75. The van der Waals surface area contributed by atoms with E-state index in [0.717, 1.165) is 12.8 Å². The molecule has 5 heteroatoms. The SMILES string of the molecule is CCCCCCCCCC(CN)N(C)C1CCS(=O)(=O)C1. The normalized spacial score (nSPS) is 22.8. The second-order valence-electron chi connectivity index (χ2n) is 6.52. The van der Waals surface area contributed by atoms with Crippen molar-refractivity contribution < 1.29 is 8.42 Å². The molecule has 0 aromatic rings. The Labute approximate surface area is 131 Å². The maximum absolute atomic E-state index is 11.6. The van der Waals surface area contributed by atoms with Crippen LogP contribution in [0.1, 0.15) is 64.7 Å². The van der Waals surface area contributed by atoms with E-state index in [1.165, 1.54) is 44.9 Å². The van der Waals surface area contributed by atoms with E-state index in [0.29, 0.717) is 24.1 Å². The van der Waals surface area contributed by atoms with E-state index in [1.807, 2.05) is 7.05 Å². The Balaban J connectivity index is 2.21. The molecule has 2 atom stereocenters. The van der Waals surface area contributed by atoms with E-state index in [9.17, 15) is 8.42 Å². The Kier molecular flexibility index (Phi) is 8.83. The van der Waals surface area contributed by atoms with E-state index in [-0.39, 0.29) is 6.04 Å².